The molecule has 638 valence electrons. The first kappa shape index (κ1) is 83.5. The van der Waals surface area contributed by atoms with E-state index in [1.54, 1.807) is 0 Å². The Labute approximate surface area is 722 Å². The number of rotatable bonds is 2. The van der Waals surface area contributed by atoms with Crippen molar-refractivity contribution in [3.05, 3.63) is 167 Å². The van der Waals surface area contributed by atoms with Gasteiger partial charge in [-0.3, -0.25) is 9.80 Å². The largest absolute Gasteiger partial charge is 0.355 e. The van der Waals surface area contributed by atoms with E-state index in [0.29, 0.717) is 59.7 Å². The molecule has 0 amide bonds. The van der Waals surface area contributed by atoms with Crippen LogP contribution in [0.15, 0.2) is 0 Å². The molecule has 9 aromatic carbocycles. The molecule has 2 fully saturated rings. The van der Waals surface area contributed by atoms with Crippen LogP contribution >= 0.6 is 0 Å². The number of H-pyrrole nitrogens is 1. The molecule has 0 radical (unpaired) electrons. The van der Waals surface area contributed by atoms with Crippen molar-refractivity contribution in [3.63, 3.8) is 0 Å². The van der Waals surface area contributed by atoms with Crippen LogP contribution in [0, 0.1) is 203 Å². The Balaban J connectivity index is 0.000000125. The Bertz CT molecular complexity index is 7160. The fourth-order valence-corrected chi connectivity index (χ4v) is 26.7. The van der Waals surface area contributed by atoms with Crippen LogP contribution < -0.4 is 0 Å². The molecule has 10 heteroatoms. The summed E-state index contributed by atoms with van der Waals surface area (Å²) in [6.07, 6.45) is 0. The fourth-order valence-electron chi connectivity index (χ4n) is 26.7. The average Bonchev–Trinajstić information content (AvgIpc) is 1.39. The summed E-state index contributed by atoms with van der Waals surface area (Å²) in [5, 5.41) is 17.4. The predicted molar refractivity (Wildman–Crippen MR) is 521 cm³/mol. The summed E-state index contributed by atoms with van der Waals surface area (Å²) in [4.78, 5) is 9.34. The number of nitrogens with one attached hydrogen (secondary N) is 1. The molecule has 12 unspecified atom stereocenters. The van der Waals surface area contributed by atoms with Gasteiger partial charge in [0.25, 0.3) is 0 Å². The molecule has 10 nitrogen and oxygen atoms in total. The van der Waals surface area contributed by atoms with Gasteiger partial charge in [0.15, 0.2) is 0 Å². The number of hydrogen-bond acceptors (Lipinski definition) is 4. The van der Waals surface area contributed by atoms with Crippen molar-refractivity contribution in [2.24, 2.45) is 43.7 Å². The lowest BCUT2D eigenvalue weighted by atomic mass is 9.77. The average molecular weight is 1620 g/mol. The van der Waals surface area contributed by atoms with E-state index in [1.807, 2.05) is 0 Å². The summed E-state index contributed by atoms with van der Waals surface area (Å²) in [6, 6.07) is 1.27. The Morgan fingerprint density at radius 1 is 0.273 bits per heavy atom. The van der Waals surface area contributed by atoms with Gasteiger partial charge in [-0.05, 0) is 420 Å². The zero-order chi connectivity index (χ0) is 88.3. The van der Waals surface area contributed by atoms with Crippen LogP contribution in [0.1, 0.15) is 294 Å². The molecule has 5 aliphatic rings. The highest BCUT2D eigenvalue weighted by molar-refractivity contribution is 6.31. The van der Waals surface area contributed by atoms with Crippen LogP contribution in [0.4, 0.5) is 0 Å². The van der Waals surface area contributed by atoms with E-state index >= 15 is 0 Å². The topological polar surface area (TPSA) is 65.4 Å². The summed E-state index contributed by atoms with van der Waals surface area (Å²) in [6.45, 7) is 92.6. The minimum atomic E-state index is -0.488. The molecule has 0 aliphatic carbocycles. The maximum absolute atomic E-state index is 7.67. The lowest BCUT2D eigenvalue weighted by Crippen LogP contribution is -2.49. The number of ether oxygens (including phenoxy) is 2. The molecule has 5 aliphatic heterocycles. The SMILES string of the molecule is Cc1c(C)c(C)c2c([nH]c3c2c2c(c4c5c(C)c(C)c(C)c(C)c5n(C5(C)OCC(C)C(C)C5C)c34)C(C)N(C)C2C)c1C.Cc1c(C)c(C)c2c(c1C)c1c(C)c(C(C)C)c3c4c(C)c(C)c(C)c(C)c4n(C)c3c1n2C.Cc1c(C)c(C)c2c(c1C)c1c3c(c4c5c(C)c(C)c(C)c(C)c5n5c4c1n2C1(C)OC5(C)C(C)C1C)C(C)N(C)C3C. The molecule has 2 saturated heterocycles. The second-order valence-electron chi connectivity index (χ2n) is 41.6. The minimum absolute atomic E-state index is 0.307. The highest BCUT2D eigenvalue weighted by Gasteiger charge is 2.61. The van der Waals surface area contributed by atoms with Crippen LogP contribution in [-0.2, 0) is 40.7 Å². The van der Waals surface area contributed by atoms with Gasteiger partial charge in [-0.1, -0.05) is 48.5 Å². The van der Waals surface area contributed by atoms with Crippen molar-refractivity contribution < 1.29 is 9.47 Å². The first-order valence-corrected chi connectivity index (χ1v) is 46.2. The van der Waals surface area contributed by atoms with E-state index in [0.717, 1.165) is 6.61 Å². The van der Waals surface area contributed by atoms with E-state index < -0.39 is 17.2 Å². The zero-order valence-corrected chi connectivity index (χ0v) is 82.4. The Kier molecular flexibility index (Phi) is 18.4. The van der Waals surface area contributed by atoms with E-state index in [9.17, 15) is 0 Å². The van der Waals surface area contributed by atoms with Crippen molar-refractivity contribution in [2.45, 2.75) is 317 Å². The van der Waals surface area contributed by atoms with E-state index in [1.165, 1.54) is 298 Å². The minimum Gasteiger partial charge on any atom is -0.355 e. The van der Waals surface area contributed by atoms with Crippen molar-refractivity contribution in [1.29, 1.82) is 0 Å². The predicted octanol–water partition coefficient (Wildman–Crippen LogP) is 29.5. The highest BCUT2D eigenvalue weighted by atomic mass is 16.6. The molecule has 121 heavy (non-hydrogen) atoms. The van der Waals surface area contributed by atoms with Crippen LogP contribution in [0.5, 0.6) is 0 Å². The lowest BCUT2D eigenvalue weighted by Gasteiger charge is -2.48. The molecule has 2 bridgehead atoms. The van der Waals surface area contributed by atoms with Crippen LogP contribution in [0.25, 0.3) is 131 Å². The maximum atomic E-state index is 7.67. The lowest BCUT2D eigenvalue weighted by molar-refractivity contribution is -0.191. The van der Waals surface area contributed by atoms with Gasteiger partial charge >= 0.3 is 0 Å². The Hall–Kier alpha value is -8.38. The molecule has 20 rings (SSSR count). The molecule has 6 aromatic heterocycles. The van der Waals surface area contributed by atoms with Gasteiger partial charge in [0.05, 0.1) is 72.8 Å². The number of aromatic nitrogens is 6. The van der Waals surface area contributed by atoms with E-state index in [4.69, 9.17) is 9.47 Å². The first-order chi connectivity index (χ1) is 56.4. The molecule has 12 atom stereocenters. The molecule has 11 heterocycles. The van der Waals surface area contributed by atoms with Crippen LogP contribution in [0.2, 0.25) is 0 Å². The maximum Gasteiger partial charge on any atom is 0.148 e. The molecular weight excluding hydrogens is 1480 g/mol. The summed E-state index contributed by atoms with van der Waals surface area (Å²) >= 11 is 0. The summed E-state index contributed by atoms with van der Waals surface area (Å²) in [5.41, 5.74) is 57.9. The summed E-state index contributed by atoms with van der Waals surface area (Å²) in [7, 11) is 9.23. The molecule has 15 aromatic rings. The molecule has 1 N–H and O–H groups in total. The van der Waals surface area contributed by atoms with Gasteiger partial charge in [0, 0.05) is 121 Å². The molecule has 0 spiro atoms. The van der Waals surface area contributed by atoms with Gasteiger partial charge in [0.1, 0.15) is 17.2 Å². The van der Waals surface area contributed by atoms with Gasteiger partial charge in [0.2, 0.25) is 0 Å². The van der Waals surface area contributed by atoms with E-state index in [2.05, 4.69) is 336 Å². The summed E-state index contributed by atoms with van der Waals surface area (Å²) in [5.74, 6) is 2.49. The van der Waals surface area contributed by atoms with Crippen molar-refractivity contribution in [2.75, 3.05) is 20.7 Å². The van der Waals surface area contributed by atoms with Crippen molar-refractivity contribution in [1.82, 2.24) is 37.6 Å². The third-order valence-electron chi connectivity index (χ3n) is 37.3. The third kappa shape index (κ3) is 9.71. The van der Waals surface area contributed by atoms with Gasteiger partial charge in [-0.15, -0.1) is 0 Å². The van der Waals surface area contributed by atoms with Gasteiger partial charge in [-0.25, -0.2) is 0 Å². The van der Waals surface area contributed by atoms with Gasteiger partial charge in [-0.2, -0.15) is 0 Å². The zero-order valence-electron chi connectivity index (χ0n) is 82.4. The number of aryl methyl sites for hydroxylation is 15. The Morgan fingerprint density at radius 2 is 0.554 bits per heavy atom. The molecular formula is C111H142N8O2. The Morgan fingerprint density at radius 3 is 0.917 bits per heavy atom. The highest BCUT2D eigenvalue weighted by Crippen LogP contribution is 2.65. The van der Waals surface area contributed by atoms with Crippen molar-refractivity contribution in [3.8, 4) is 0 Å². The number of hydrogen-bond donors (Lipinski definition) is 1. The van der Waals surface area contributed by atoms with Crippen molar-refractivity contribution >= 4 is 131 Å². The molecule has 0 saturated carbocycles. The quantitative estimate of drug-likeness (QED) is 0.187. The van der Waals surface area contributed by atoms with Gasteiger partial charge < -0.3 is 37.3 Å². The van der Waals surface area contributed by atoms with Crippen LogP contribution in [-0.4, -0.2) is 58.3 Å². The number of aromatic amines is 1. The first-order valence-electron chi connectivity index (χ1n) is 46.2. The summed E-state index contributed by atoms with van der Waals surface area (Å²) < 4.78 is 27.9. The second-order valence-corrected chi connectivity index (χ2v) is 41.6. The van der Waals surface area contributed by atoms with Crippen LogP contribution in [0.3, 0.4) is 0 Å². The number of nitrogens with zero attached hydrogens (tertiary/aromatic N) is 7. The number of fused-ring (bicyclic) bond motifs is 30. The monoisotopic (exact) mass is 1620 g/mol. The smallest absolute Gasteiger partial charge is 0.148 e. The normalized spacial score (nSPS) is 24.4. The number of benzene rings is 9. The van der Waals surface area contributed by atoms with E-state index in [-0.39, 0.29) is 0 Å². The fraction of sp³-hybridized carbons (Fsp3) is 0.514. The third-order valence-corrected chi connectivity index (χ3v) is 37.3. The second kappa shape index (κ2) is 26.6. The standard InChI is InChI=1S/C40H53N3O.C39H49N3O.C32H40N2/c1-17-16-44-40(14,27(11)18(17)2)43-38-26(10)22(6)20(4)24(8)31(38)35-33-29(13)42(15)28(12)32(33)34-30-23(7)19(3)21(5)25(9)36(30)41-37(34)39(35)43;1-16-18(3)22(7)34-28(20(16)5)32-30-26(11)40(15)27(12)31(30)33-29-21(6)17(2)19(4)23(8)35(29)42-37(33)36(32)41(34)38(13)24(9)25(10)39(42,14)43-38;1-14(2)24-23(11)27-25-19(7)15(3)17(5)21(9)29(25)33(12)31(27)32-28(24)26-20(8)16(4)18(6)22(10)30(26)34(32)13/h17-18,27-29,41H,16H2,1-15H3;24-27H,1-15H3;14H,1-13H3.